The Bertz CT molecular complexity index is 347. The predicted octanol–water partition coefficient (Wildman–Crippen LogP) is 3.35. The maximum Gasteiger partial charge on any atom is 0.114 e. The summed E-state index contributed by atoms with van der Waals surface area (Å²) in [6.07, 6.45) is 15.2. The Labute approximate surface area is 159 Å². The number of aliphatic hydroxyl groups is 3. The molecule has 0 unspecified atom stereocenters. The molecule has 1 rings (SSSR count). The van der Waals surface area contributed by atoms with Crippen molar-refractivity contribution in [2.24, 2.45) is 0 Å². The van der Waals surface area contributed by atoms with E-state index in [1.807, 2.05) is 0 Å². The Morgan fingerprint density at radius 3 is 2.23 bits per heavy atom. The standard InChI is InChI=1S/C21H40O5/c1-2-3-4-5-6-7-8-9-10-11-12-13-14-15-25-19-17-26-21(20(19)24)18(23)16-22/h3-4,18-24H,2,5-17H2,1H3/b4-3+/t18-,19+,20+,21+/m1/s1. The van der Waals surface area contributed by atoms with Crippen molar-refractivity contribution >= 4 is 0 Å². The molecular weight excluding hydrogens is 332 g/mol. The zero-order valence-electron chi connectivity index (χ0n) is 16.5. The largest absolute Gasteiger partial charge is 0.394 e. The van der Waals surface area contributed by atoms with Crippen LogP contribution in [-0.2, 0) is 9.47 Å². The Balaban J connectivity index is 1.86. The first-order chi connectivity index (χ1) is 12.7. The maximum atomic E-state index is 10.0. The monoisotopic (exact) mass is 372 g/mol. The van der Waals surface area contributed by atoms with Gasteiger partial charge in [0.1, 0.15) is 24.4 Å². The van der Waals surface area contributed by atoms with Crippen LogP contribution in [0, 0.1) is 0 Å². The van der Waals surface area contributed by atoms with Gasteiger partial charge < -0.3 is 24.8 Å². The van der Waals surface area contributed by atoms with Gasteiger partial charge in [0.15, 0.2) is 0 Å². The average molecular weight is 373 g/mol. The molecule has 5 heteroatoms. The van der Waals surface area contributed by atoms with Gasteiger partial charge in [0.05, 0.1) is 13.2 Å². The van der Waals surface area contributed by atoms with Crippen molar-refractivity contribution in [2.45, 2.75) is 102 Å². The Hall–Kier alpha value is -0.460. The van der Waals surface area contributed by atoms with Gasteiger partial charge in [-0.05, 0) is 25.7 Å². The molecule has 0 bridgehead atoms. The molecule has 0 spiro atoms. The van der Waals surface area contributed by atoms with Gasteiger partial charge >= 0.3 is 0 Å². The van der Waals surface area contributed by atoms with Crippen molar-refractivity contribution in [2.75, 3.05) is 19.8 Å². The normalized spacial score (nSPS) is 24.5. The minimum Gasteiger partial charge on any atom is -0.394 e. The summed E-state index contributed by atoms with van der Waals surface area (Å²) in [5.41, 5.74) is 0. The van der Waals surface area contributed by atoms with Crippen molar-refractivity contribution in [3.63, 3.8) is 0 Å². The number of allylic oxidation sites excluding steroid dienone is 2. The molecule has 1 fully saturated rings. The first kappa shape index (κ1) is 23.6. The first-order valence-corrected chi connectivity index (χ1v) is 10.6. The number of unbranched alkanes of at least 4 members (excludes halogenated alkanes) is 9. The summed E-state index contributed by atoms with van der Waals surface area (Å²) < 4.78 is 11.0. The highest BCUT2D eigenvalue weighted by molar-refractivity contribution is 4.88. The summed E-state index contributed by atoms with van der Waals surface area (Å²) in [6, 6.07) is 0. The van der Waals surface area contributed by atoms with Crippen molar-refractivity contribution < 1.29 is 24.8 Å². The highest BCUT2D eigenvalue weighted by Crippen LogP contribution is 2.20. The molecule has 3 N–H and O–H groups in total. The maximum absolute atomic E-state index is 10.0. The molecule has 5 nitrogen and oxygen atoms in total. The molecule has 0 amide bonds. The molecule has 1 aliphatic heterocycles. The van der Waals surface area contributed by atoms with Gasteiger partial charge in [-0.2, -0.15) is 0 Å². The van der Waals surface area contributed by atoms with Crippen LogP contribution in [0.2, 0.25) is 0 Å². The minimum absolute atomic E-state index is 0.275. The van der Waals surface area contributed by atoms with Crippen molar-refractivity contribution in [1.29, 1.82) is 0 Å². The molecule has 0 aromatic heterocycles. The minimum atomic E-state index is -1.05. The van der Waals surface area contributed by atoms with Crippen LogP contribution in [0.5, 0.6) is 0 Å². The predicted molar refractivity (Wildman–Crippen MR) is 104 cm³/mol. The van der Waals surface area contributed by atoms with Crippen LogP contribution in [0.1, 0.15) is 77.6 Å². The average Bonchev–Trinajstić information content (AvgIpc) is 3.02. The van der Waals surface area contributed by atoms with Crippen LogP contribution in [0.25, 0.3) is 0 Å². The highest BCUT2D eigenvalue weighted by atomic mass is 16.6. The summed E-state index contributed by atoms with van der Waals surface area (Å²) in [7, 11) is 0. The van der Waals surface area contributed by atoms with E-state index in [9.17, 15) is 10.2 Å². The van der Waals surface area contributed by atoms with E-state index in [1.165, 1.54) is 51.4 Å². The van der Waals surface area contributed by atoms with E-state index in [0.717, 1.165) is 19.3 Å². The molecule has 1 aliphatic rings. The summed E-state index contributed by atoms with van der Waals surface area (Å²) in [6.45, 7) is 2.65. The number of aliphatic hydroxyl groups excluding tert-OH is 3. The molecular formula is C21H40O5. The summed E-state index contributed by atoms with van der Waals surface area (Å²) in [4.78, 5) is 0. The van der Waals surface area contributed by atoms with E-state index in [-0.39, 0.29) is 6.61 Å². The number of hydrogen-bond donors (Lipinski definition) is 3. The summed E-state index contributed by atoms with van der Waals surface area (Å²) >= 11 is 0. The molecule has 26 heavy (non-hydrogen) atoms. The summed E-state index contributed by atoms with van der Waals surface area (Å²) in [5.74, 6) is 0. The lowest BCUT2D eigenvalue weighted by molar-refractivity contribution is -0.0730. The quantitative estimate of drug-likeness (QED) is 0.286. The van der Waals surface area contributed by atoms with Crippen LogP contribution in [0.3, 0.4) is 0 Å². The van der Waals surface area contributed by atoms with E-state index in [2.05, 4.69) is 19.1 Å². The van der Waals surface area contributed by atoms with E-state index in [0.29, 0.717) is 6.61 Å². The van der Waals surface area contributed by atoms with E-state index in [1.54, 1.807) is 0 Å². The van der Waals surface area contributed by atoms with Crippen molar-refractivity contribution in [1.82, 2.24) is 0 Å². The smallest absolute Gasteiger partial charge is 0.114 e. The third kappa shape index (κ3) is 10.0. The van der Waals surface area contributed by atoms with Gasteiger partial charge in [-0.15, -0.1) is 0 Å². The second-order valence-electron chi connectivity index (χ2n) is 7.30. The second kappa shape index (κ2) is 15.6. The Kier molecular flexibility index (Phi) is 14.1. The molecule has 154 valence electrons. The fourth-order valence-corrected chi connectivity index (χ4v) is 3.32. The van der Waals surface area contributed by atoms with Crippen LogP contribution < -0.4 is 0 Å². The third-order valence-electron chi connectivity index (χ3n) is 4.99. The molecule has 1 heterocycles. The number of ether oxygens (including phenoxy) is 2. The van der Waals surface area contributed by atoms with Gasteiger partial charge in [-0.3, -0.25) is 0 Å². The molecule has 0 aromatic rings. The van der Waals surface area contributed by atoms with Crippen LogP contribution in [-0.4, -0.2) is 59.6 Å². The van der Waals surface area contributed by atoms with Crippen LogP contribution >= 0.6 is 0 Å². The second-order valence-corrected chi connectivity index (χ2v) is 7.30. The molecule has 0 saturated carbocycles. The van der Waals surface area contributed by atoms with Gasteiger partial charge in [0.25, 0.3) is 0 Å². The lowest BCUT2D eigenvalue weighted by Gasteiger charge is -2.20. The van der Waals surface area contributed by atoms with Gasteiger partial charge in [0, 0.05) is 6.61 Å². The van der Waals surface area contributed by atoms with Gasteiger partial charge in [0.2, 0.25) is 0 Å². The van der Waals surface area contributed by atoms with Crippen LogP contribution in [0.15, 0.2) is 12.2 Å². The zero-order chi connectivity index (χ0) is 19.0. The van der Waals surface area contributed by atoms with Crippen LogP contribution in [0.4, 0.5) is 0 Å². The van der Waals surface area contributed by atoms with Crippen molar-refractivity contribution in [3.8, 4) is 0 Å². The van der Waals surface area contributed by atoms with E-state index < -0.39 is 31.0 Å². The fourth-order valence-electron chi connectivity index (χ4n) is 3.32. The Morgan fingerprint density at radius 2 is 1.62 bits per heavy atom. The highest BCUT2D eigenvalue weighted by Gasteiger charge is 2.40. The molecule has 0 aliphatic carbocycles. The summed E-state index contributed by atoms with van der Waals surface area (Å²) in [5, 5.41) is 28.5. The van der Waals surface area contributed by atoms with Gasteiger partial charge in [-0.25, -0.2) is 0 Å². The zero-order valence-corrected chi connectivity index (χ0v) is 16.5. The van der Waals surface area contributed by atoms with Crippen molar-refractivity contribution in [3.05, 3.63) is 12.2 Å². The molecule has 4 atom stereocenters. The van der Waals surface area contributed by atoms with Gasteiger partial charge in [-0.1, -0.05) is 64.0 Å². The lowest BCUT2D eigenvalue weighted by Crippen LogP contribution is -2.41. The fraction of sp³-hybridized carbons (Fsp3) is 0.905. The van der Waals surface area contributed by atoms with E-state index >= 15 is 0 Å². The molecule has 0 aromatic carbocycles. The Morgan fingerprint density at radius 1 is 1.00 bits per heavy atom. The SMILES string of the molecule is CC/C=C/CCCCCCCCCCCO[C@H]1CO[C@@H]([C@H](O)CO)[C@H]1O. The topological polar surface area (TPSA) is 79.2 Å². The molecule has 0 radical (unpaired) electrons. The lowest BCUT2D eigenvalue weighted by atomic mass is 10.1. The first-order valence-electron chi connectivity index (χ1n) is 10.6. The number of rotatable bonds is 16. The molecule has 1 saturated heterocycles. The third-order valence-corrected chi connectivity index (χ3v) is 4.99. The van der Waals surface area contributed by atoms with E-state index in [4.69, 9.17) is 14.6 Å². The number of hydrogen-bond acceptors (Lipinski definition) is 5.